The molecule has 0 aromatic carbocycles. The highest BCUT2D eigenvalue weighted by molar-refractivity contribution is 5.75. The van der Waals surface area contributed by atoms with Crippen LogP contribution in [0.1, 0.15) is 31.2 Å². The average molecular weight is 289 g/mol. The maximum Gasteiger partial charge on any atom is 0.317 e. The monoisotopic (exact) mass is 289 g/mol. The van der Waals surface area contributed by atoms with Gasteiger partial charge in [0.2, 0.25) is 0 Å². The molecule has 0 atom stereocenters. The molecular weight excluding hydrogens is 266 g/mol. The first-order valence-electron chi connectivity index (χ1n) is 7.81. The first kappa shape index (κ1) is 14.1. The Balaban J connectivity index is 1.52. The van der Waals surface area contributed by atoms with Crippen molar-refractivity contribution in [1.29, 1.82) is 0 Å². The van der Waals surface area contributed by atoms with E-state index < -0.39 is 0 Å². The minimum Gasteiger partial charge on any atom is -0.353 e. The molecule has 1 N–H and O–H groups in total. The molecule has 21 heavy (non-hydrogen) atoms. The third-order valence-electron chi connectivity index (χ3n) is 4.42. The van der Waals surface area contributed by atoms with Gasteiger partial charge in [0.1, 0.15) is 12.1 Å². The molecule has 1 aliphatic heterocycles. The van der Waals surface area contributed by atoms with E-state index in [1.54, 1.807) is 6.33 Å². The minimum absolute atomic E-state index is 0.0981. The second-order valence-electron chi connectivity index (χ2n) is 5.93. The van der Waals surface area contributed by atoms with Crippen molar-refractivity contribution in [2.75, 3.05) is 31.1 Å². The average Bonchev–Trinajstić information content (AvgIpc) is 3.01. The Hall–Kier alpha value is -1.85. The predicted octanol–water partition coefficient (Wildman–Crippen LogP) is 1.56. The van der Waals surface area contributed by atoms with Gasteiger partial charge in [0.15, 0.2) is 0 Å². The molecule has 6 heteroatoms. The van der Waals surface area contributed by atoms with E-state index in [4.69, 9.17) is 0 Å². The second-order valence-corrected chi connectivity index (χ2v) is 5.93. The zero-order valence-corrected chi connectivity index (χ0v) is 12.6. The van der Waals surface area contributed by atoms with Gasteiger partial charge in [0, 0.05) is 44.0 Å². The summed E-state index contributed by atoms with van der Waals surface area (Å²) in [5.41, 5.74) is 1.08. The van der Waals surface area contributed by atoms with Crippen LogP contribution in [0.15, 0.2) is 12.5 Å². The van der Waals surface area contributed by atoms with Gasteiger partial charge in [-0.15, -0.1) is 0 Å². The van der Waals surface area contributed by atoms with Gasteiger partial charge in [0.05, 0.1) is 0 Å². The highest BCUT2D eigenvalue weighted by atomic mass is 16.2. The molecule has 1 aliphatic carbocycles. The Morgan fingerprint density at radius 1 is 1.24 bits per heavy atom. The molecule has 114 valence electrons. The molecule has 1 aromatic rings. The van der Waals surface area contributed by atoms with Gasteiger partial charge < -0.3 is 15.1 Å². The standard InChI is InChI=1S/C15H23N5O/c1-12-10-16-11-17-14(12)19-6-8-20(9-7-19)15(21)18-13-4-2-3-5-13/h10-11,13H,2-9H2,1H3,(H,18,21). The predicted molar refractivity (Wildman–Crippen MR) is 81.3 cm³/mol. The number of urea groups is 1. The normalized spacial score (nSPS) is 19.9. The zero-order chi connectivity index (χ0) is 14.7. The highest BCUT2D eigenvalue weighted by Crippen LogP contribution is 2.19. The van der Waals surface area contributed by atoms with Gasteiger partial charge in [-0.25, -0.2) is 14.8 Å². The van der Waals surface area contributed by atoms with Crippen LogP contribution in [0.25, 0.3) is 0 Å². The third-order valence-corrected chi connectivity index (χ3v) is 4.42. The van der Waals surface area contributed by atoms with Gasteiger partial charge in [-0.1, -0.05) is 12.8 Å². The summed E-state index contributed by atoms with van der Waals surface area (Å²) in [6.07, 6.45) is 8.16. The fourth-order valence-corrected chi connectivity index (χ4v) is 3.18. The lowest BCUT2D eigenvalue weighted by Crippen LogP contribution is -2.53. The van der Waals surface area contributed by atoms with Gasteiger partial charge in [-0.05, 0) is 19.8 Å². The van der Waals surface area contributed by atoms with Crippen LogP contribution >= 0.6 is 0 Å². The van der Waals surface area contributed by atoms with Crippen LogP contribution in [-0.2, 0) is 0 Å². The largest absolute Gasteiger partial charge is 0.353 e. The number of nitrogens with zero attached hydrogens (tertiary/aromatic N) is 4. The lowest BCUT2D eigenvalue weighted by Gasteiger charge is -2.36. The number of aryl methyl sites for hydroxylation is 1. The third kappa shape index (κ3) is 3.25. The maximum atomic E-state index is 12.2. The number of nitrogens with one attached hydrogen (secondary N) is 1. The topological polar surface area (TPSA) is 61.4 Å². The molecule has 0 unspecified atom stereocenters. The van der Waals surface area contributed by atoms with Gasteiger partial charge >= 0.3 is 6.03 Å². The highest BCUT2D eigenvalue weighted by Gasteiger charge is 2.25. The Bertz CT molecular complexity index is 493. The SMILES string of the molecule is Cc1cncnc1N1CCN(C(=O)NC2CCCC2)CC1. The van der Waals surface area contributed by atoms with E-state index in [2.05, 4.69) is 20.2 Å². The van der Waals surface area contributed by atoms with Crippen molar-refractivity contribution in [1.82, 2.24) is 20.2 Å². The molecule has 3 rings (SSSR count). The molecule has 0 radical (unpaired) electrons. The van der Waals surface area contributed by atoms with E-state index in [0.29, 0.717) is 6.04 Å². The van der Waals surface area contributed by atoms with E-state index in [0.717, 1.165) is 50.4 Å². The number of aromatic nitrogens is 2. The molecule has 2 aliphatic rings. The smallest absolute Gasteiger partial charge is 0.317 e. The Morgan fingerprint density at radius 3 is 2.62 bits per heavy atom. The summed E-state index contributed by atoms with van der Waals surface area (Å²) in [4.78, 5) is 24.8. The first-order chi connectivity index (χ1) is 10.2. The number of hydrogen-bond acceptors (Lipinski definition) is 4. The molecule has 2 heterocycles. The lowest BCUT2D eigenvalue weighted by molar-refractivity contribution is 0.190. The number of carbonyl (C=O) groups excluding carboxylic acids is 1. The van der Waals surface area contributed by atoms with Crippen molar-refractivity contribution in [3.63, 3.8) is 0 Å². The molecule has 1 saturated heterocycles. The molecule has 2 amide bonds. The van der Waals surface area contributed by atoms with Crippen molar-refractivity contribution in [3.05, 3.63) is 18.1 Å². The molecule has 0 bridgehead atoms. The van der Waals surface area contributed by atoms with Gasteiger partial charge in [0.25, 0.3) is 0 Å². The quantitative estimate of drug-likeness (QED) is 0.897. The molecule has 1 aromatic heterocycles. The van der Waals surface area contributed by atoms with Gasteiger partial charge in [-0.3, -0.25) is 0 Å². The van der Waals surface area contributed by atoms with E-state index in [9.17, 15) is 4.79 Å². The number of hydrogen-bond donors (Lipinski definition) is 1. The Labute approximate surface area is 125 Å². The van der Waals surface area contributed by atoms with Crippen molar-refractivity contribution in [2.24, 2.45) is 0 Å². The fourth-order valence-electron chi connectivity index (χ4n) is 3.18. The number of anilines is 1. The van der Waals surface area contributed by atoms with Crippen molar-refractivity contribution in [3.8, 4) is 0 Å². The summed E-state index contributed by atoms with van der Waals surface area (Å²) >= 11 is 0. The van der Waals surface area contributed by atoms with E-state index in [-0.39, 0.29) is 6.03 Å². The number of rotatable bonds is 2. The zero-order valence-electron chi connectivity index (χ0n) is 12.6. The van der Waals surface area contributed by atoms with Crippen LogP contribution in [0.2, 0.25) is 0 Å². The molecule has 1 saturated carbocycles. The lowest BCUT2D eigenvalue weighted by atomic mass is 10.2. The number of piperazine rings is 1. The van der Waals surface area contributed by atoms with Crippen molar-refractivity contribution >= 4 is 11.8 Å². The number of carbonyl (C=O) groups is 1. The molecule has 0 spiro atoms. The first-order valence-corrected chi connectivity index (χ1v) is 7.81. The van der Waals surface area contributed by atoms with Crippen LogP contribution in [-0.4, -0.2) is 53.1 Å². The summed E-state index contributed by atoms with van der Waals surface area (Å²) < 4.78 is 0. The summed E-state index contributed by atoms with van der Waals surface area (Å²) in [6.45, 7) is 5.18. The summed E-state index contributed by atoms with van der Waals surface area (Å²) in [5.74, 6) is 0.987. The maximum absolute atomic E-state index is 12.2. The van der Waals surface area contributed by atoms with E-state index in [1.165, 1.54) is 12.8 Å². The van der Waals surface area contributed by atoms with Crippen LogP contribution in [0.5, 0.6) is 0 Å². The Kier molecular flexibility index (Phi) is 4.22. The van der Waals surface area contributed by atoms with Crippen molar-refractivity contribution < 1.29 is 4.79 Å². The fraction of sp³-hybridized carbons (Fsp3) is 0.667. The van der Waals surface area contributed by atoms with Crippen molar-refractivity contribution in [2.45, 2.75) is 38.6 Å². The van der Waals surface area contributed by atoms with Crippen LogP contribution in [0.3, 0.4) is 0 Å². The van der Waals surface area contributed by atoms with E-state index >= 15 is 0 Å². The van der Waals surface area contributed by atoms with Crippen LogP contribution < -0.4 is 10.2 Å². The van der Waals surface area contributed by atoms with Crippen LogP contribution in [0.4, 0.5) is 10.6 Å². The molecule has 6 nitrogen and oxygen atoms in total. The minimum atomic E-state index is 0.0981. The Morgan fingerprint density at radius 2 is 1.95 bits per heavy atom. The molecular formula is C15H23N5O. The van der Waals surface area contributed by atoms with Gasteiger partial charge in [-0.2, -0.15) is 0 Å². The second kappa shape index (κ2) is 6.28. The molecule has 2 fully saturated rings. The summed E-state index contributed by atoms with van der Waals surface area (Å²) in [6, 6.07) is 0.487. The summed E-state index contributed by atoms with van der Waals surface area (Å²) in [7, 11) is 0. The number of amides is 2. The van der Waals surface area contributed by atoms with E-state index in [1.807, 2.05) is 18.0 Å². The van der Waals surface area contributed by atoms with Crippen LogP contribution in [0, 0.1) is 6.92 Å². The summed E-state index contributed by atoms with van der Waals surface area (Å²) in [5, 5.41) is 3.16.